The summed E-state index contributed by atoms with van der Waals surface area (Å²) in [6.45, 7) is 3.87. The molecule has 1 rings (SSSR count). The van der Waals surface area contributed by atoms with Gasteiger partial charge in [-0.25, -0.2) is 0 Å². The summed E-state index contributed by atoms with van der Waals surface area (Å²) in [5.74, 6) is -1.33. The summed E-state index contributed by atoms with van der Waals surface area (Å²) in [5, 5.41) is 5.63. The van der Waals surface area contributed by atoms with Gasteiger partial charge in [0.05, 0.1) is 11.8 Å². The fourth-order valence-electron chi connectivity index (χ4n) is 0.989. The first kappa shape index (κ1) is 12.3. The summed E-state index contributed by atoms with van der Waals surface area (Å²) in [4.78, 5) is 23.1. The number of nitrogens with two attached hydrogens (primary N) is 1. The number of rotatable bonds is 3. The van der Waals surface area contributed by atoms with Crippen molar-refractivity contribution >= 4 is 26.0 Å². The SMILES string of the molecule is [B]N1C(=O)C(N)=C(/C=N\N(C)C(C)C)C1=O. The van der Waals surface area contributed by atoms with Crippen molar-refractivity contribution in [1.82, 2.24) is 9.82 Å². The molecule has 1 heterocycles. The highest BCUT2D eigenvalue weighted by molar-refractivity contribution is 6.39. The van der Waals surface area contributed by atoms with Gasteiger partial charge in [0.15, 0.2) is 0 Å². The topological polar surface area (TPSA) is 79.0 Å². The zero-order chi connectivity index (χ0) is 12.5. The number of hydrogen-bond donors (Lipinski definition) is 1. The van der Waals surface area contributed by atoms with E-state index >= 15 is 0 Å². The van der Waals surface area contributed by atoms with E-state index in [4.69, 9.17) is 13.7 Å². The molecule has 0 spiro atoms. The van der Waals surface area contributed by atoms with E-state index < -0.39 is 11.8 Å². The van der Waals surface area contributed by atoms with Crippen LogP contribution < -0.4 is 5.73 Å². The van der Waals surface area contributed by atoms with Gasteiger partial charge >= 0.3 is 0 Å². The lowest BCUT2D eigenvalue weighted by Gasteiger charge is -2.16. The molecule has 6 nitrogen and oxygen atoms in total. The highest BCUT2D eigenvalue weighted by atomic mass is 16.2. The van der Waals surface area contributed by atoms with Crippen molar-refractivity contribution in [2.75, 3.05) is 7.05 Å². The van der Waals surface area contributed by atoms with Crippen molar-refractivity contribution in [2.24, 2.45) is 10.8 Å². The minimum Gasteiger partial charge on any atom is -0.394 e. The fourth-order valence-corrected chi connectivity index (χ4v) is 0.989. The average molecular weight is 220 g/mol. The third kappa shape index (κ3) is 2.07. The number of hydrazone groups is 1. The van der Waals surface area contributed by atoms with Crippen LogP contribution in [0.3, 0.4) is 0 Å². The van der Waals surface area contributed by atoms with Crippen LogP contribution in [-0.2, 0) is 9.59 Å². The quantitative estimate of drug-likeness (QED) is 0.285. The number of imide groups is 1. The third-order valence-corrected chi connectivity index (χ3v) is 2.30. The number of hydrogen-bond acceptors (Lipinski definition) is 5. The van der Waals surface area contributed by atoms with Gasteiger partial charge in [-0.05, 0) is 13.8 Å². The van der Waals surface area contributed by atoms with E-state index in [0.29, 0.717) is 4.81 Å². The van der Waals surface area contributed by atoms with Crippen LogP contribution in [0.5, 0.6) is 0 Å². The maximum absolute atomic E-state index is 11.4. The minimum absolute atomic E-state index is 0.0278. The van der Waals surface area contributed by atoms with Crippen LogP contribution in [0.2, 0.25) is 0 Å². The molecule has 1 aliphatic rings. The highest BCUT2D eigenvalue weighted by Gasteiger charge is 2.32. The van der Waals surface area contributed by atoms with Crippen LogP contribution in [0, 0.1) is 0 Å². The molecule has 2 radical (unpaired) electrons. The Morgan fingerprint density at radius 3 is 2.38 bits per heavy atom. The van der Waals surface area contributed by atoms with Crippen molar-refractivity contribution in [3.63, 3.8) is 0 Å². The molecule has 16 heavy (non-hydrogen) atoms. The van der Waals surface area contributed by atoms with E-state index in [0.717, 1.165) is 0 Å². The van der Waals surface area contributed by atoms with Crippen molar-refractivity contribution in [1.29, 1.82) is 0 Å². The number of nitrogens with zero attached hydrogens (tertiary/aromatic N) is 3. The summed E-state index contributed by atoms with van der Waals surface area (Å²) < 4.78 is 0. The summed E-state index contributed by atoms with van der Waals surface area (Å²) in [6, 6.07) is 0.180. The van der Waals surface area contributed by atoms with E-state index in [9.17, 15) is 9.59 Å². The van der Waals surface area contributed by atoms with Crippen LogP contribution in [0.25, 0.3) is 0 Å². The maximum atomic E-state index is 11.4. The zero-order valence-corrected chi connectivity index (χ0v) is 9.47. The number of carbonyl (C=O) groups excluding carboxylic acids is 2. The molecule has 0 saturated carbocycles. The molecular formula is C9H13BN4O2. The molecule has 0 aromatic heterocycles. The van der Waals surface area contributed by atoms with Gasteiger partial charge in [-0.2, -0.15) is 5.10 Å². The molecule has 0 saturated heterocycles. The molecule has 0 aromatic rings. The Labute approximate surface area is 95.2 Å². The van der Waals surface area contributed by atoms with Gasteiger partial charge in [-0.1, -0.05) is 0 Å². The van der Waals surface area contributed by atoms with Crippen molar-refractivity contribution < 1.29 is 9.59 Å². The molecular weight excluding hydrogens is 207 g/mol. The lowest BCUT2D eigenvalue weighted by Crippen LogP contribution is -2.30. The molecule has 0 aliphatic carbocycles. The van der Waals surface area contributed by atoms with Gasteiger partial charge < -0.3 is 10.5 Å². The average Bonchev–Trinajstić information content (AvgIpc) is 2.41. The zero-order valence-electron chi connectivity index (χ0n) is 9.47. The third-order valence-electron chi connectivity index (χ3n) is 2.30. The van der Waals surface area contributed by atoms with Crippen LogP contribution in [0.1, 0.15) is 13.8 Å². The van der Waals surface area contributed by atoms with Gasteiger partial charge in [-0.15, -0.1) is 0 Å². The molecule has 84 valence electrons. The summed E-state index contributed by atoms with van der Waals surface area (Å²) in [7, 11) is 6.96. The summed E-state index contributed by atoms with van der Waals surface area (Å²) in [5.41, 5.74) is 5.30. The number of carbonyl (C=O) groups is 2. The smallest absolute Gasteiger partial charge is 0.264 e. The van der Waals surface area contributed by atoms with Crippen LogP contribution >= 0.6 is 0 Å². The lowest BCUT2D eigenvalue weighted by atomic mass is 10.2. The Bertz CT molecular complexity index is 389. The van der Waals surface area contributed by atoms with Crippen molar-refractivity contribution in [2.45, 2.75) is 19.9 Å². The fraction of sp³-hybridized carbons (Fsp3) is 0.444. The van der Waals surface area contributed by atoms with Crippen LogP contribution in [0.15, 0.2) is 16.4 Å². The molecule has 7 heteroatoms. The lowest BCUT2D eigenvalue weighted by molar-refractivity contribution is -0.131. The van der Waals surface area contributed by atoms with E-state index in [-0.39, 0.29) is 17.3 Å². The van der Waals surface area contributed by atoms with Crippen LogP contribution in [-0.4, -0.2) is 48.9 Å². The molecule has 2 N–H and O–H groups in total. The predicted octanol–water partition coefficient (Wildman–Crippen LogP) is -1.02. The van der Waals surface area contributed by atoms with Gasteiger partial charge in [0.2, 0.25) is 7.98 Å². The predicted molar refractivity (Wildman–Crippen MR) is 60.2 cm³/mol. The maximum Gasteiger partial charge on any atom is 0.264 e. The van der Waals surface area contributed by atoms with Gasteiger partial charge in [0.25, 0.3) is 11.8 Å². The van der Waals surface area contributed by atoms with E-state index in [1.54, 1.807) is 12.1 Å². The normalized spacial score (nSPS) is 17.1. The summed E-state index contributed by atoms with van der Waals surface area (Å²) in [6.07, 6.45) is 1.25. The first-order valence-corrected chi connectivity index (χ1v) is 4.76. The van der Waals surface area contributed by atoms with E-state index in [2.05, 4.69) is 5.10 Å². The van der Waals surface area contributed by atoms with E-state index in [1.807, 2.05) is 13.8 Å². The Kier molecular flexibility index (Phi) is 3.36. The molecule has 2 amide bonds. The second kappa shape index (κ2) is 4.38. The minimum atomic E-state index is -0.696. The standard InChI is InChI=1S/C9H13BN4O2/c1-5(2)13(3)12-4-6-7(11)9(16)14(10)8(6)15/h4-5H,11H2,1-3H3/b12-4-. The molecule has 0 aromatic carbocycles. The Morgan fingerprint density at radius 2 is 2.00 bits per heavy atom. The molecule has 1 aliphatic heterocycles. The van der Waals surface area contributed by atoms with Crippen LogP contribution in [0.4, 0.5) is 0 Å². The second-order valence-electron chi connectivity index (χ2n) is 3.72. The Balaban J connectivity index is 2.90. The Hall–Kier alpha value is -1.79. The van der Waals surface area contributed by atoms with Gasteiger partial charge in [0, 0.05) is 13.1 Å². The van der Waals surface area contributed by atoms with Crippen molar-refractivity contribution in [3.8, 4) is 0 Å². The van der Waals surface area contributed by atoms with E-state index in [1.165, 1.54) is 6.21 Å². The summed E-state index contributed by atoms with van der Waals surface area (Å²) >= 11 is 0. The Morgan fingerprint density at radius 1 is 1.44 bits per heavy atom. The molecule has 0 fully saturated rings. The largest absolute Gasteiger partial charge is 0.394 e. The molecule has 0 bridgehead atoms. The van der Waals surface area contributed by atoms with Crippen molar-refractivity contribution in [3.05, 3.63) is 11.3 Å². The first-order chi connectivity index (χ1) is 7.36. The second-order valence-corrected chi connectivity index (χ2v) is 3.72. The molecule has 0 atom stereocenters. The van der Waals surface area contributed by atoms with Gasteiger partial charge in [-0.3, -0.25) is 14.6 Å². The molecule has 0 unspecified atom stereocenters. The number of amides is 2. The monoisotopic (exact) mass is 220 g/mol. The van der Waals surface area contributed by atoms with Gasteiger partial charge in [0.1, 0.15) is 5.70 Å². The first-order valence-electron chi connectivity index (χ1n) is 4.76. The highest BCUT2D eigenvalue weighted by Crippen LogP contribution is 2.13.